The van der Waals surface area contributed by atoms with Crippen LogP contribution in [0, 0.1) is 6.92 Å². The van der Waals surface area contributed by atoms with Crippen molar-refractivity contribution in [2.24, 2.45) is 5.73 Å². The predicted molar refractivity (Wildman–Crippen MR) is 53.6 cm³/mol. The Kier molecular flexibility index (Phi) is 2.11. The van der Waals surface area contributed by atoms with Gasteiger partial charge in [-0.05, 0) is 30.5 Å². The maximum Gasteiger partial charge on any atom is 0.0258 e. The molecule has 12 heavy (non-hydrogen) atoms. The lowest BCUT2D eigenvalue weighted by molar-refractivity contribution is 0.862. The summed E-state index contributed by atoms with van der Waals surface area (Å²) in [6.07, 6.45) is 1.16. The average molecular weight is 179 g/mol. The summed E-state index contributed by atoms with van der Waals surface area (Å²) in [5, 5.41) is 0.612. The Morgan fingerprint density at radius 3 is 3.08 bits per heavy atom. The summed E-state index contributed by atoms with van der Waals surface area (Å²) < 4.78 is 0. The summed E-state index contributed by atoms with van der Waals surface area (Å²) in [5.41, 5.74) is 8.57. The minimum Gasteiger partial charge on any atom is -0.329 e. The molecule has 1 nitrogen and oxygen atoms in total. The van der Waals surface area contributed by atoms with Gasteiger partial charge >= 0.3 is 0 Å². The highest BCUT2D eigenvalue weighted by atomic mass is 32.2. The van der Waals surface area contributed by atoms with Crippen molar-refractivity contribution in [3.05, 3.63) is 29.3 Å². The Morgan fingerprint density at radius 1 is 1.58 bits per heavy atom. The molecule has 0 fully saturated rings. The first-order valence-corrected chi connectivity index (χ1v) is 5.14. The standard InChI is InChI=1S/C10H13NS/c1-7-3-2-4-10-9(7)5-8(6-11)12-10/h2-4,8H,5-6,11H2,1H3. The van der Waals surface area contributed by atoms with Crippen molar-refractivity contribution in [2.45, 2.75) is 23.5 Å². The largest absolute Gasteiger partial charge is 0.329 e. The number of rotatable bonds is 1. The van der Waals surface area contributed by atoms with Gasteiger partial charge in [-0.2, -0.15) is 0 Å². The van der Waals surface area contributed by atoms with Gasteiger partial charge < -0.3 is 5.73 Å². The van der Waals surface area contributed by atoms with Gasteiger partial charge in [-0.15, -0.1) is 11.8 Å². The summed E-state index contributed by atoms with van der Waals surface area (Å²) in [5.74, 6) is 0. The van der Waals surface area contributed by atoms with Crippen LogP contribution in [0.25, 0.3) is 0 Å². The number of fused-ring (bicyclic) bond motifs is 1. The van der Waals surface area contributed by atoms with Crippen LogP contribution in [0.2, 0.25) is 0 Å². The monoisotopic (exact) mass is 179 g/mol. The summed E-state index contributed by atoms with van der Waals surface area (Å²) in [6, 6.07) is 6.50. The van der Waals surface area contributed by atoms with Crippen LogP contribution in [-0.2, 0) is 6.42 Å². The zero-order valence-electron chi connectivity index (χ0n) is 7.21. The number of benzene rings is 1. The fourth-order valence-corrected chi connectivity index (χ4v) is 2.88. The van der Waals surface area contributed by atoms with Gasteiger partial charge in [0.2, 0.25) is 0 Å². The fraction of sp³-hybridized carbons (Fsp3) is 0.400. The van der Waals surface area contributed by atoms with Crippen molar-refractivity contribution in [1.29, 1.82) is 0 Å². The highest BCUT2D eigenvalue weighted by molar-refractivity contribution is 8.00. The zero-order valence-corrected chi connectivity index (χ0v) is 8.03. The molecule has 0 bridgehead atoms. The van der Waals surface area contributed by atoms with Crippen LogP contribution in [0.4, 0.5) is 0 Å². The molecule has 2 rings (SSSR count). The van der Waals surface area contributed by atoms with Gasteiger partial charge in [-0.25, -0.2) is 0 Å². The molecule has 1 aromatic carbocycles. The molecule has 1 heterocycles. The SMILES string of the molecule is Cc1cccc2c1CC(CN)S2. The van der Waals surface area contributed by atoms with E-state index >= 15 is 0 Å². The Morgan fingerprint density at radius 2 is 2.42 bits per heavy atom. The zero-order chi connectivity index (χ0) is 8.55. The van der Waals surface area contributed by atoms with E-state index in [2.05, 4.69) is 25.1 Å². The Bertz CT molecular complexity index is 296. The van der Waals surface area contributed by atoms with Gasteiger partial charge in [0.25, 0.3) is 0 Å². The lowest BCUT2D eigenvalue weighted by Gasteiger charge is -2.01. The highest BCUT2D eigenvalue weighted by Crippen LogP contribution is 2.37. The second kappa shape index (κ2) is 3.11. The molecule has 64 valence electrons. The van der Waals surface area contributed by atoms with Gasteiger partial charge in [-0.1, -0.05) is 12.1 Å². The first-order chi connectivity index (χ1) is 5.81. The topological polar surface area (TPSA) is 26.0 Å². The van der Waals surface area contributed by atoms with E-state index in [1.165, 1.54) is 16.0 Å². The molecule has 1 unspecified atom stereocenters. The van der Waals surface area contributed by atoms with Crippen LogP contribution in [0.15, 0.2) is 23.1 Å². The molecule has 2 N–H and O–H groups in total. The van der Waals surface area contributed by atoms with Crippen LogP contribution in [0.1, 0.15) is 11.1 Å². The predicted octanol–water partition coefficient (Wildman–Crippen LogP) is 1.97. The van der Waals surface area contributed by atoms with Crippen LogP contribution in [-0.4, -0.2) is 11.8 Å². The summed E-state index contributed by atoms with van der Waals surface area (Å²) >= 11 is 1.93. The van der Waals surface area contributed by atoms with Crippen molar-refractivity contribution < 1.29 is 0 Å². The third-order valence-corrected chi connectivity index (χ3v) is 3.68. The maximum absolute atomic E-state index is 5.64. The minimum absolute atomic E-state index is 0.612. The van der Waals surface area contributed by atoms with E-state index in [1.54, 1.807) is 0 Å². The molecule has 0 spiro atoms. The van der Waals surface area contributed by atoms with Crippen molar-refractivity contribution in [1.82, 2.24) is 0 Å². The van der Waals surface area contributed by atoms with Crippen molar-refractivity contribution in [3.8, 4) is 0 Å². The third kappa shape index (κ3) is 1.25. The van der Waals surface area contributed by atoms with E-state index in [1.807, 2.05) is 11.8 Å². The summed E-state index contributed by atoms with van der Waals surface area (Å²) in [4.78, 5) is 1.44. The number of hydrogen-bond acceptors (Lipinski definition) is 2. The van der Waals surface area contributed by atoms with E-state index in [4.69, 9.17) is 5.73 Å². The van der Waals surface area contributed by atoms with Gasteiger partial charge in [0.05, 0.1) is 0 Å². The van der Waals surface area contributed by atoms with E-state index in [0.717, 1.165) is 13.0 Å². The summed E-state index contributed by atoms with van der Waals surface area (Å²) in [6.45, 7) is 2.97. The third-order valence-electron chi connectivity index (χ3n) is 2.36. The van der Waals surface area contributed by atoms with Crippen LogP contribution >= 0.6 is 11.8 Å². The minimum atomic E-state index is 0.612. The van der Waals surface area contributed by atoms with Crippen LogP contribution in [0.5, 0.6) is 0 Å². The fourth-order valence-electron chi connectivity index (χ4n) is 1.63. The Labute approximate surface area is 77.3 Å². The van der Waals surface area contributed by atoms with Crippen molar-refractivity contribution in [2.75, 3.05) is 6.54 Å². The molecular weight excluding hydrogens is 166 g/mol. The molecule has 1 aliphatic rings. The second-order valence-corrected chi connectivity index (χ2v) is 4.57. The normalized spacial score (nSPS) is 21.0. The van der Waals surface area contributed by atoms with Gasteiger partial charge in [0.15, 0.2) is 0 Å². The Balaban J connectivity index is 2.35. The highest BCUT2D eigenvalue weighted by Gasteiger charge is 2.21. The maximum atomic E-state index is 5.64. The lowest BCUT2D eigenvalue weighted by atomic mass is 10.0. The quantitative estimate of drug-likeness (QED) is 0.713. The number of thioether (sulfide) groups is 1. The van der Waals surface area contributed by atoms with Gasteiger partial charge in [-0.3, -0.25) is 0 Å². The molecule has 0 aliphatic carbocycles. The van der Waals surface area contributed by atoms with Crippen molar-refractivity contribution in [3.63, 3.8) is 0 Å². The molecule has 1 aliphatic heterocycles. The number of nitrogens with two attached hydrogens (primary N) is 1. The van der Waals surface area contributed by atoms with Crippen molar-refractivity contribution >= 4 is 11.8 Å². The van der Waals surface area contributed by atoms with Gasteiger partial charge in [0.1, 0.15) is 0 Å². The Hall–Kier alpha value is -0.470. The summed E-state index contributed by atoms with van der Waals surface area (Å²) in [7, 11) is 0. The molecule has 0 amide bonds. The van der Waals surface area contributed by atoms with Crippen LogP contribution in [0.3, 0.4) is 0 Å². The molecule has 0 saturated carbocycles. The average Bonchev–Trinajstić information content (AvgIpc) is 2.49. The molecule has 0 saturated heterocycles. The van der Waals surface area contributed by atoms with E-state index in [9.17, 15) is 0 Å². The number of aryl methyl sites for hydroxylation is 1. The van der Waals surface area contributed by atoms with E-state index < -0.39 is 0 Å². The smallest absolute Gasteiger partial charge is 0.0258 e. The second-order valence-electron chi connectivity index (χ2n) is 3.23. The van der Waals surface area contributed by atoms with E-state index in [0.29, 0.717) is 5.25 Å². The molecule has 0 aromatic heterocycles. The van der Waals surface area contributed by atoms with Crippen LogP contribution < -0.4 is 5.73 Å². The molecule has 1 atom stereocenters. The molecule has 2 heteroatoms. The molecule has 0 radical (unpaired) electrons. The first-order valence-electron chi connectivity index (χ1n) is 4.26. The first kappa shape index (κ1) is 8.14. The van der Waals surface area contributed by atoms with Gasteiger partial charge in [0, 0.05) is 16.7 Å². The molecule has 1 aromatic rings. The molecular formula is C10H13NS. The lowest BCUT2D eigenvalue weighted by Crippen LogP contribution is -2.15. The van der Waals surface area contributed by atoms with E-state index in [-0.39, 0.29) is 0 Å². The number of hydrogen-bond donors (Lipinski definition) is 1.